The fraction of sp³-hybridized carbons (Fsp3) is 0.588. The topological polar surface area (TPSA) is 84.5 Å². The summed E-state index contributed by atoms with van der Waals surface area (Å²) in [5, 5.41) is 2.81. The van der Waals surface area contributed by atoms with Crippen LogP contribution in [0, 0.1) is 17.2 Å². The van der Waals surface area contributed by atoms with E-state index in [0.29, 0.717) is 0 Å². The Morgan fingerprint density at radius 1 is 1.36 bits per heavy atom. The zero-order chi connectivity index (χ0) is 19.0. The second-order valence-corrected chi connectivity index (χ2v) is 8.70. The molecule has 0 radical (unpaired) electrons. The van der Waals surface area contributed by atoms with Gasteiger partial charge in [0.1, 0.15) is 5.82 Å². The fourth-order valence-electron chi connectivity index (χ4n) is 3.76. The average molecular weight is 372 g/mol. The van der Waals surface area contributed by atoms with Gasteiger partial charge in [0.25, 0.3) is 5.91 Å². The summed E-state index contributed by atoms with van der Waals surface area (Å²) in [7, 11) is -2.15. The van der Waals surface area contributed by atoms with Crippen LogP contribution in [0.2, 0.25) is 0 Å². The first-order valence-corrected chi connectivity index (χ1v) is 9.67. The summed E-state index contributed by atoms with van der Waals surface area (Å²) < 4.78 is 46.0. The lowest BCUT2D eigenvalue weighted by Gasteiger charge is -2.56. The van der Waals surface area contributed by atoms with Crippen LogP contribution in [0.4, 0.5) is 4.39 Å². The quantitative estimate of drug-likeness (QED) is 0.799. The number of amides is 1. The normalized spacial score (nSPS) is 25.3. The zero-order valence-corrected chi connectivity index (χ0v) is 15.9. The molecule has 1 aliphatic carbocycles. The number of benzene rings is 1. The van der Waals surface area contributed by atoms with Gasteiger partial charge in [-0.1, -0.05) is 27.7 Å². The van der Waals surface area contributed by atoms with Crippen molar-refractivity contribution >= 4 is 15.9 Å². The molecule has 3 atom stereocenters. The minimum atomic E-state index is -3.77. The number of carbonyl (C=O) groups excluding carboxylic acids is 1. The minimum absolute atomic E-state index is 0.0110. The number of rotatable bonds is 6. The summed E-state index contributed by atoms with van der Waals surface area (Å²) in [6.07, 6.45) is -0.0110. The van der Waals surface area contributed by atoms with Crippen molar-refractivity contribution in [2.24, 2.45) is 11.3 Å². The second kappa shape index (κ2) is 7.01. The van der Waals surface area contributed by atoms with Crippen LogP contribution >= 0.6 is 0 Å². The highest BCUT2D eigenvalue weighted by atomic mass is 32.2. The lowest BCUT2D eigenvalue weighted by molar-refractivity contribution is -0.141. The molecule has 0 spiro atoms. The van der Waals surface area contributed by atoms with E-state index in [0.717, 1.165) is 18.2 Å². The Kier molecular flexibility index (Phi) is 5.56. The molecule has 1 aromatic carbocycles. The van der Waals surface area contributed by atoms with E-state index >= 15 is 0 Å². The summed E-state index contributed by atoms with van der Waals surface area (Å²) in [5.41, 5.74) is -0.587. The molecule has 8 heteroatoms. The van der Waals surface area contributed by atoms with Crippen molar-refractivity contribution < 1.29 is 22.3 Å². The van der Waals surface area contributed by atoms with Crippen molar-refractivity contribution in [2.75, 3.05) is 13.7 Å². The van der Waals surface area contributed by atoms with Crippen LogP contribution in [0.5, 0.6) is 0 Å². The van der Waals surface area contributed by atoms with Crippen molar-refractivity contribution in [3.63, 3.8) is 0 Å². The Bertz CT molecular complexity index is 764. The van der Waals surface area contributed by atoms with E-state index in [4.69, 9.17) is 4.74 Å². The molecule has 2 rings (SSSR count). The molecule has 0 bridgehead atoms. The first-order valence-electron chi connectivity index (χ1n) is 8.19. The number of methoxy groups -OCH3 is 1. The van der Waals surface area contributed by atoms with Crippen LogP contribution in [-0.2, 0) is 14.8 Å². The van der Waals surface area contributed by atoms with Gasteiger partial charge in [-0.05, 0) is 18.2 Å². The monoisotopic (exact) mass is 372 g/mol. The lowest BCUT2D eigenvalue weighted by Crippen LogP contribution is -2.67. The third-order valence-electron chi connectivity index (χ3n) is 4.91. The molecule has 0 heterocycles. The lowest BCUT2D eigenvalue weighted by atomic mass is 9.58. The third kappa shape index (κ3) is 3.56. The highest BCUT2D eigenvalue weighted by Crippen LogP contribution is 2.47. The molecule has 0 aromatic heterocycles. The molecule has 0 aliphatic heterocycles. The van der Waals surface area contributed by atoms with Crippen LogP contribution < -0.4 is 10.0 Å². The summed E-state index contributed by atoms with van der Waals surface area (Å²) >= 11 is 0. The van der Waals surface area contributed by atoms with E-state index in [9.17, 15) is 17.6 Å². The van der Waals surface area contributed by atoms with Gasteiger partial charge in [0.15, 0.2) is 0 Å². The Morgan fingerprint density at radius 2 is 2.00 bits per heavy atom. The molecule has 0 unspecified atom stereocenters. The van der Waals surface area contributed by atoms with Gasteiger partial charge >= 0.3 is 0 Å². The van der Waals surface area contributed by atoms with Gasteiger partial charge in [0.05, 0.1) is 16.6 Å². The Hall–Kier alpha value is -1.51. The van der Waals surface area contributed by atoms with Gasteiger partial charge in [-0.25, -0.2) is 17.5 Å². The number of hydrogen-bond donors (Lipinski definition) is 2. The summed E-state index contributed by atoms with van der Waals surface area (Å²) in [5.74, 6) is -1.33. The van der Waals surface area contributed by atoms with Crippen LogP contribution in [0.1, 0.15) is 38.1 Å². The Morgan fingerprint density at radius 3 is 2.52 bits per heavy atom. The van der Waals surface area contributed by atoms with Crippen LogP contribution in [0.3, 0.4) is 0 Å². The highest BCUT2D eigenvalue weighted by Gasteiger charge is 2.55. The van der Waals surface area contributed by atoms with E-state index in [1.165, 1.54) is 0 Å². The largest absolute Gasteiger partial charge is 0.380 e. The average Bonchev–Trinajstić information content (AvgIpc) is 2.52. The Balaban J connectivity index is 2.26. The molecule has 25 heavy (non-hydrogen) atoms. The summed E-state index contributed by atoms with van der Waals surface area (Å²) in [6, 6.07) is 3.00. The van der Waals surface area contributed by atoms with Gasteiger partial charge in [-0.15, -0.1) is 0 Å². The van der Waals surface area contributed by atoms with E-state index in [1.807, 2.05) is 20.8 Å². The Labute approximate surface area is 148 Å². The van der Waals surface area contributed by atoms with E-state index in [-0.39, 0.29) is 40.5 Å². The molecule has 1 fully saturated rings. The van der Waals surface area contributed by atoms with Crippen LogP contribution in [-0.4, -0.2) is 40.1 Å². The molecular formula is C17H25FN2O4S. The van der Waals surface area contributed by atoms with Crippen molar-refractivity contribution in [3.05, 3.63) is 29.6 Å². The highest BCUT2D eigenvalue weighted by molar-refractivity contribution is 7.89. The molecule has 0 saturated heterocycles. The zero-order valence-electron chi connectivity index (χ0n) is 15.1. The molecule has 1 aromatic rings. The summed E-state index contributed by atoms with van der Waals surface area (Å²) in [6.45, 7) is 7.73. The number of nitrogens with one attached hydrogen (secondary N) is 2. The third-order valence-corrected chi connectivity index (χ3v) is 6.45. The van der Waals surface area contributed by atoms with Crippen LogP contribution in [0.15, 0.2) is 23.1 Å². The second-order valence-electron chi connectivity index (χ2n) is 6.93. The van der Waals surface area contributed by atoms with Crippen molar-refractivity contribution in [1.29, 1.82) is 0 Å². The number of carbonyl (C=O) groups is 1. The maximum atomic E-state index is 14.1. The molecule has 6 nitrogen and oxygen atoms in total. The molecular weight excluding hydrogens is 347 g/mol. The first-order chi connectivity index (χ1) is 11.6. The predicted molar refractivity (Wildman–Crippen MR) is 92.3 cm³/mol. The number of hydrogen-bond acceptors (Lipinski definition) is 4. The van der Waals surface area contributed by atoms with Gasteiger partial charge < -0.3 is 10.1 Å². The molecule has 1 amide bonds. The van der Waals surface area contributed by atoms with E-state index in [1.54, 1.807) is 14.0 Å². The number of halogens is 1. The molecule has 1 aliphatic rings. The fourth-order valence-corrected chi connectivity index (χ4v) is 4.83. The number of sulfonamides is 1. The van der Waals surface area contributed by atoms with Crippen molar-refractivity contribution in [2.45, 2.75) is 44.7 Å². The maximum absolute atomic E-state index is 14.1. The van der Waals surface area contributed by atoms with Crippen molar-refractivity contribution in [1.82, 2.24) is 10.0 Å². The van der Waals surface area contributed by atoms with Gasteiger partial charge in [-0.3, -0.25) is 4.79 Å². The molecule has 140 valence electrons. The number of ether oxygens (including phenoxy) is 1. The maximum Gasteiger partial charge on any atom is 0.254 e. The van der Waals surface area contributed by atoms with Gasteiger partial charge in [-0.2, -0.15) is 0 Å². The van der Waals surface area contributed by atoms with Gasteiger partial charge in [0.2, 0.25) is 10.0 Å². The van der Waals surface area contributed by atoms with Crippen LogP contribution in [0.25, 0.3) is 0 Å². The molecule has 2 N–H and O–H groups in total. The first kappa shape index (κ1) is 19.8. The van der Waals surface area contributed by atoms with Gasteiger partial charge in [0, 0.05) is 31.0 Å². The predicted octanol–water partition coefficient (Wildman–Crippen LogP) is 1.91. The SMILES string of the molecule is CCNS(=O)(=O)c1ccc(F)c(C(=O)N[C@@H]2[C@@H](C)[C@H](OC)C2(C)C)c1. The smallest absolute Gasteiger partial charge is 0.254 e. The standard InChI is InChI=1S/C17H25FN2O4S/c1-6-19-25(22,23)11-7-8-13(18)12(9-11)16(21)20-14-10(2)15(24-5)17(14,3)4/h7-10,14-15,19H,6H2,1-5H3,(H,20,21)/t10-,14-,15+/m1/s1. The van der Waals surface area contributed by atoms with E-state index in [2.05, 4.69) is 10.0 Å². The minimum Gasteiger partial charge on any atom is -0.380 e. The summed E-state index contributed by atoms with van der Waals surface area (Å²) in [4.78, 5) is 12.4. The molecule has 1 saturated carbocycles. The van der Waals surface area contributed by atoms with E-state index < -0.39 is 21.7 Å². The van der Waals surface area contributed by atoms with Crippen molar-refractivity contribution in [3.8, 4) is 0 Å².